The highest BCUT2D eigenvalue weighted by molar-refractivity contribution is 6.01. The first-order chi connectivity index (χ1) is 15.5. The molecule has 0 amide bonds. The Morgan fingerprint density at radius 2 is 1.72 bits per heavy atom. The van der Waals surface area contributed by atoms with Crippen LogP contribution in [0, 0.1) is 0 Å². The minimum Gasteiger partial charge on any atom is -0.496 e. The first-order valence-electron chi connectivity index (χ1n) is 11.2. The molecule has 4 rings (SSSR count). The van der Waals surface area contributed by atoms with E-state index >= 15 is 0 Å². The number of aryl methyl sites for hydroxylation is 1. The first-order valence-corrected chi connectivity index (χ1v) is 11.2. The molecule has 1 aliphatic heterocycles. The van der Waals surface area contributed by atoms with E-state index in [0.29, 0.717) is 12.5 Å². The highest BCUT2D eigenvalue weighted by atomic mass is 16.5. The van der Waals surface area contributed by atoms with Crippen molar-refractivity contribution in [2.24, 2.45) is 0 Å². The van der Waals surface area contributed by atoms with Gasteiger partial charge in [-0.25, -0.2) is 0 Å². The number of hydrogen-bond acceptors (Lipinski definition) is 4. The van der Waals surface area contributed by atoms with Gasteiger partial charge in [-0.2, -0.15) is 0 Å². The Balaban J connectivity index is 1.85. The number of ether oxygens (including phenoxy) is 2. The molecule has 1 heterocycles. The topological polar surface area (TPSA) is 59.0 Å². The van der Waals surface area contributed by atoms with Crippen LogP contribution in [-0.4, -0.2) is 43.8 Å². The number of methoxy groups -OCH3 is 2. The summed E-state index contributed by atoms with van der Waals surface area (Å²) in [5, 5.41) is 11.3. The molecule has 0 radical (unpaired) electrons. The fraction of sp³-hybridized carbons (Fsp3) is 0.370. The third kappa shape index (κ3) is 4.30. The van der Waals surface area contributed by atoms with Crippen LogP contribution in [0.4, 0.5) is 0 Å². The Hall–Kier alpha value is -3.05. The third-order valence-corrected chi connectivity index (χ3v) is 6.57. The van der Waals surface area contributed by atoms with Gasteiger partial charge in [0.1, 0.15) is 11.5 Å². The smallest absolute Gasteiger partial charge is 0.303 e. The van der Waals surface area contributed by atoms with Gasteiger partial charge in [0.2, 0.25) is 0 Å². The SMILES string of the molecule is COc1cc(C2CCCCN2C)cc(OC)c1-c1cccc2c(CCC(=O)O)cccc12. The summed E-state index contributed by atoms with van der Waals surface area (Å²) in [6.07, 6.45) is 4.20. The molecule has 1 aliphatic rings. The lowest BCUT2D eigenvalue weighted by atomic mass is 9.90. The van der Waals surface area contributed by atoms with Gasteiger partial charge < -0.3 is 14.6 Å². The summed E-state index contributed by atoms with van der Waals surface area (Å²) in [5.41, 5.74) is 4.20. The summed E-state index contributed by atoms with van der Waals surface area (Å²) in [7, 11) is 5.59. The van der Waals surface area contributed by atoms with Crippen LogP contribution >= 0.6 is 0 Å². The standard InChI is InChI=1S/C27H31NO4/c1-28-15-5-4-12-23(28)19-16-24(31-2)27(25(17-19)32-3)22-11-7-9-20-18(13-14-26(29)30)8-6-10-21(20)22/h6-11,16-17,23H,4-5,12-15H2,1-3H3,(H,29,30). The highest BCUT2D eigenvalue weighted by Crippen LogP contribution is 2.45. The van der Waals surface area contributed by atoms with Gasteiger partial charge in [-0.15, -0.1) is 0 Å². The molecular weight excluding hydrogens is 402 g/mol. The number of rotatable bonds is 7. The van der Waals surface area contributed by atoms with Crippen molar-refractivity contribution in [2.75, 3.05) is 27.8 Å². The van der Waals surface area contributed by atoms with E-state index in [1.807, 2.05) is 18.2 Å². The molecule has 32 heavy (non-hydrogen) atoms. The molecule has 0 spiro atoms. The van der Waals surface area contributed by atoms with Crippen LogP contribution in [0.2, 0.25) is 0 Å². The minimum absolute atomic E-state index is 0.111. The van der Waals surface area contributed by atoms with E-state index in [2.05, 4.69) is 42.3 Å². The molecule has 5 nitrogen and oxygen atoms in total. The predicted octanol–water partition coefficient (Wildman–Crippen LogP) is 5.70. The number of carboxylic acid groups (broad SMARTS) is 1. The van der Waals surface area contributed by atoms with Crippen LogP contribution in [-0.2, 0) is 11.2 Å². The maximum atomic E-state index is 11.1. The molecule has 1 fully saturated rings. The number of carbonyl (C=O) groups is 1. The Kier molecular flexibility index (Phi) is 6.66. The monoisotopic (exact) mass is 433 g/mol. The third-order valence-electron chi connectivity index (χ3n) is 6.57. The fourth-order valence-corrected chi connectivity index (χ4v) is 4.94. The Morgan fingerprint density at radius 1 is 1.03 bits per heavy atom. The van der Waals surface area contributed by atoms with Crippen molar-refractivity contribution in [3.63, 3.8) is 0 Å². The number of likely N-dealkylation sites (tertiary alicyclic amines) is 1. The van der Waals surface area contributed by atoms with E-state index < -0.39 is 5.97 Å². The number of benzene rings is 3. The molecule has 3 aromatic rings. The van der Waals surface area contributed by atoms with Crippen molar-refractivity contribution < 1.29 is 19.4 Å². The minimum atomic E-state index is -0.787. The van der Waals surface area contributed by atoms with E-state index in [1.165, 1.54) is 18.4 Å². The number of nitrogens with zero attached hydrogens (tertiary/aromatic N) is 1. The summed E-state index contributed by atoms with van der Waals surface area (Å²) in [4.78, 5) is 13.5. The van der Waals surface area contributed by atoms with Crippen LogP contribution in [0.5, 0.6) is 11.5 Å². The van der Waals surface area contributed by atoms with Crippen LogP contribution in [0.3, 0.4) is 0 Å². The Morgan fingerprint density at radius 3 is 2.38 bits per heavy atom. The van der Waals surface area contributed by atoms with Crippen LogP contribution in [0.25, 0.3) is 21.9 Å². The second kappa shape index (κ2) is 9.61. The van der Waals surface area contributed by atoms with Gasteiger partial charge in [0.25, 0.3) is 0 Å². The van der Waals surface area contributed by atoms with E-state index in [1.54, 1.807) is 14.2 Å². The van der Waals surface area contributed by atoms with Crippen molar-refractivity contribution in [2.45, 2.75) is 38.1 Å². The molecule has 5 heteroatoms. The van der Waals surface area contributed by atoms with Gasteiger partial charge in [-0.05, 0) is 72.5 Å². The van der Waals surface area contributed by atoms with Crippen LogP contribution in [0.1, 0.15) is 42.9 Å². The summed E-state index contributed by atoms with van der Waals surface area (Å²) in [5.74, 6) is 0.799. The molecular formula is C27H31NO4. The van der Waals surface area contributed by atoms with Gasteiger partial charge in [0.15, 0.2) is 0 Å². The molecule has 1 unspecified atom stereocenters. The van der Waals surface area contributed by atoms with Crippen LogP contribution < -0.4 is 9.47 Å². The molecule has 3 aromatic carbocycles. The zero-order chi connectivity index (χ0) is 22.7. The molecule has 0 aromatic heterocycles. The maximum absolute atomic E-state index is 11.1. The summed E-state index contributed by atoms with van der Waals surface area (Å²) < 4.78 is 11.8. The largest absolute Gasteiger partial charge is 0.496 e. The quantitative estimate of drug-likeness (QED) is 0.518. The van der Waals surface area contributed by atoms with Crippen LogP contribution in [0.15, 0.2) is 48.5 Å². The van der Waals surface area contributed by atoms with E-state index in [-0.39, 0.29) is 6.42 Å². The second-order valence-corrected chi connectivity index (χ2v) is 8.50. The second-order valence-electron chi connectivity index (χ2n) is 8.50. The summed E-state index contributed by atoms with van der Waals surface area (Å²) >= 11 is 0. The lowest BCUT2D eigenvalue weighted by molar-refractivity contribution is -0.136. The fourth-order valence-electron chi connectivity index (χ4n) is 4.94. The van der Waals surface area contributed by atoms with Gasteiger partial charge in [-0.3, -0.25) is 9.69 Å². The summed E-state index contributed by atoms with van der Waals surface area (Å²) in [6.45, 7) is 1.10. The maximum Gasteiger partial charge on any atom is 0.303 e. The number of carboxylic acids is 1. The van der Waals surface area contributed by atoms with Crippen molar-refractivity contribution in [3.05, 3.63) is 59.7 Å². The average molecular weight is 434 g/mol. The average Bonchev–Trinajstić information content (AvgIpc) is 2.81. The Bertz CT molecular complexity index is 1100. The summed E-state index contributed by atoms with van der Waals surface area (Å²) in [6, 6.07) is 16.9. The molecule has 0 aliphatic carbocycles. The molecule has 0 bridgehead atoms. The van der Waals surface area contributed by atoms with Crippen molar-refractivity contribution in [3.8, 4) is 22.6 Å². The number of fused-ring (bicyclic) bond motifs is 1. The van der Waals surface area contributed by atoms with Gasteiger partial charge in [-0.1, -0.05) is 42.8 Å². The van der Waals surface area contributed by atoms with E-state index in [0.717, 1.165) is 51.9 Å². The normalized spacial score (nSPS) is 16.8. The van der Waals surface area contributed by atoms with E-state index in [4.69, 9.17) is 14.6 Å². The van der Waals surface area contributed by atoms with Gasteiger partial charge in [0, 0.05) is 12.5 Å². The zero-order valence-corrected chi connectivity index (χ0v) is 19.1. The molecule has 1 saturated heterocycles. The van der Waals surface area contributed by atoms with Crippen molar-refractivity contribution in [1.29, 1.82) is 0 Å². The Labute approximate surface area is 189 Å². The predicted molar refractivity (Wildman–Crippen MR) is 128 cm³/mol. The molecule has 0 saturated carbocycles. The molecule has 168 valence electrons. The van der Waals surface area contributed by atoms with Crippen molar-refractivity contribution >= 4 is 16.7 Å². The lowest BCUT2D eigenvalue weighted by Gasteiger charge is -2.33. The number of aliphatic carboxylic acids is 1. The lowest BCUT2D eigenvalue weighted by Crippen LogP contribution is -2.29. The van der Waals surface area contributed by atoms with Gasteiger partial charge >= 0.3 is 5.97 Å². The first kappa shape index (κ1) is 22.2. The van der Waals surface area contributed by atoms with Crippen molar-refractivity contribution in [1.82, 2.24) is 4.90 Å². The molecule has 1 N–H and O–H groups in total. The number of hydrogen-bond donors (Lipinski definition) is 1. The molecule has 1 atom stereocenters. The van der Waals surface area contributed by atoms with E-state index in [9.17, 15) is 4.79 Å². The zero-order valence-electron chi connectivity index (χ0n) is 19.1. The number of piperidine rings is 1. The van der Waals surface area contributed by atoms with Gasteiger partial charge in [0.05, 0.1) is 19.8 Å². The highest BCUT2D eigenvalue weighted by Gasteiger charge is 2.25.